The van der Waals surface area contributed by atoms with E-state index < -0.39 is 6.10 Å². The number of hydrogen-bond acceptors (Lipinski definition) is 2. The smallest absolute Gasteiger partial charge is 0.128 e. The second kappa shape index (κ2) is 6.14. The average molecular weight is 222 g/mol. The molecule has 0 aliphatic carbocycles. The molecule has 1 aromatic rings. The fourth-order valence-corrected chi connectivity index (χ4v) is 1.32. The third kappa shape index (κ3) is 3.56. The lowest BCUT2D eigenvalue weighted by atomic mass is 10.1. The van der Waals surface area contributed by atoms with Gasteiger partial charge in [0, 0.05) is 18.1 Å². The van der Waals surface area contributed by atoms with Gasteiger partial charge < -0.3 is 9.84 Å². The van der Waals surface area contributed by atoms with Gasteiger partial charge in [0.25, 0.3) is 0 Å². The Labute approximate surface area is 95.1 Å². The van der Waals surface area contributed by atoms with Crippen LogP contribution in [-0.4, -0.2) is 11.7 Å². The van der Waals surface area contributed by atoms with Crippen molar-refractivity contribution in [1.29, 1.82) is 0 Å². The first kappa shape index (κ1) is 12.5. The van der Waals surface area contributed by atoms with E-state index in [9.17, 15) is 9.50 Å². The summed E-state index contributed by atoms with van der Waals surface area (Å²) in [4.78, 5) is 0. The maximum atomic E-state index is 13.0. The Kier molecular flexibility index (Phi) is 4.81. The molecule has 1 aromatic carbocycles. The van der Waals surface area contributed by atoms with Gasteiger partial charge in [-0.25, -0.2) is 4.39 Å². The molecule has 0 saturated heterocycles. The van der Waals surface area contributed by atoms with E-state index in [2.05, 4.69) is 11.8 Å². The van der Waals surface area contributed by atoms with Gasteiger partial charge in [-0.1, -0.05) is 0 Å². The quantitative estimate of drug-likeness (QED) is 0.627. The lowest BCUT2D eigenvalue weighted by Crippen LogP contribution is -2.02. The zero-order valence-corrected chi connectivity index (χ0v) is 9.46. The number of aliphatic hydroxyl groups is 1. The number of halogens is 1. The van der Waals surface area contributed by atoms with Gasteiger partial charge in [0.1, 0.15) is 11.6 Å². The molecular weight excluding hydrogens is 207 g/mol. The van der Waals surface area contributed by atoms with Gasteiger partial charge in [0.15, 0.2) is 0 Å². The van der Waals surface area contributed by atoms with Crippen molar-refractivity contribution in [1.82, 2.24) is 0 Å². The number of rotatable bonds is 4. The van der Waals surface area contributed by atoms with E-state index in [1.54, 1.807) is 13.8 Å². The fourth-order valence-electron chi connectivity index (χ4n) is 1.32. The normalized spacial score (nSPS) is 11.5. The van der Waals surface area contributed by atoms with Crippen LogP contribution in [0.2, 0.25) is 0 Å². The number of aliphatic hydroxyl groups excluding tert-OH is 1. The molecular formula is C13H15FO2. The van der Waals surface area contributed by atoms with E-state index in [0.29, 0.717) is 24.3 Å². The first-order chi connectivity index (χ1) is 7.65. The number of hydrogen-bond donors (Lipinski definition) is 1. The van der Waals surface area contributed by atoms with E-state index in [1.165, 1.54) is 18.2 Å². The van der Waals surface area contributed by atoms with Crippen LogP contribution in [0.5, 0.6) is 5.75 Å². The molecule has 0 fully saturated rings. The minimum absolute atomic E-state index is 0.374. The average Bonchev–Trinajstić information content (AvgIpc) is 2.24. The fraction of sp³-hybridized carbons (Fsp3) is 0.385. The Hall–Kier alpha value is -1.53. The highest BCUT2D eigenvalue weighted by Crippen LogP contribution is 2.25. The standard InChI is InChI=1S/C13H15FO2/c1-3-4-5-8-16-13-9-11(14)6-7-12(13)10(2)15/h6-7,9-10,15H,5,8H2,1-2H3/t10-/m1/s1. The van der Waals surface area contributed by atoms with Crippen LogP contribution in [0.1, 0.15) is 31.9 Å². The molecule has 1 atom stereocenters. The summed E-state index contributed by atoms with van der Waals surface area (Å²) in [6.45, 7) is 3.76. The Balaban J connectivity index is 2.74. The van der Waals surface area contributed by atoms with Crippen molar-refractivity contribution < 1.29 is 14.2 Å². The van der Waals surface area contributed by atoms with Crippen LogP contribution < -0.4 is 4.74 Å². The van der Waals surface area contributed by atoms with Gasteiger partial charge in [-0.2, -0.15) is 0 Å². The van der Waals surface area contributed by atoms with Crippen LogP contribution in [-0.2, 0) is 0 Å². The Morgan fingerprint density at radius 1 is 1.50 bits per heavy atom. The molecule has 0 radical (unpaired) electrons. The van der Waals surface area contributed by atoms with Crippen LogP contribution in [0, 0.1) is 17.7 Å². The predicted molar refractivity (Wildman–Crippen MR) is 60.6 cm³/mol. The SMILES string of the molecule is CC#CCCOc1cc(F)ccc1[C@@H](C)O. The second-order valence-electron chi connectivity index (χ2n) is 3.38. The monoisotopic (exact) mass is 222 g/mol. The number of ether oxygens (including phenoxy) is 1. The van der Waals surface area contributed by atoms with Crippen molar-refractivity contribution in [3.8, 4) is 17.6 Å². The Morgan fingerprint density at radius 2 is 2.25 bits per heavy atom. The summed E-state index contributed by atoms with van der Waals surface area (Å²) in [5.74, 6) is 5.61. The summed E-state index contributed by atoms with van der Waals surface area (Å²) in [5, 5.41) is 9.47. The molecule has 1 rings (SSSR count). The molecule has 86 valence electrons. The van der Waals surface area contributed by atoms with Gasteiger partial charge in [0.2, 0.25) is 0 Å². The highest BCUT2D eigenvalue weighted by molar-refractivity contribution is 5.35. The zero-order valence-electron chi connectivity index (χ0n) is 9.46. The van der Waals surface area contributed by atoms with Crippen molar-refractivity contribution >= 4 is 0 Å². The maximum absolute atomic E-state index is 13.0. The molecule has 0 saturated carbocycles. The second-order valence-corrected chi connectivity index (χ2v) is 3.38. The molecule has 0 heterocycles. The minimum Gasteiger partial charge on any atom is -0.492 e. The predicted octanol–water partition coefficient (Wildman–Crippen LogP) is 2.67. The molecule has 2 nitrogen and oxygen atoms in total. The topological polar surface area (TPSA) is 29.5 Å². The molecule has 0 aromatic heterocycles. The molecule has 1 N–H and O–H groups in total. The Morgan fingerprint density at radius 3 is 2.88 bits per heavy atom. The van der Waals surface area contributed by atoms with E-state index in [1.807, 2.05) is 0 Å². The maximum Gasteiger partial charge on any atom is 0.128 e. The summed E-state index contributed by atoms with van der Waals surface area (Å²) in [6, 6.07) is 4.11. The minimum atomic E-state index is -0.673. The zero-order chi connectivity index (χ0) is 12.0. The van der Waals surface area contributed by atoms with Crippen molar-refractivity contribution in [2.75, 3.05) is 6.61 Å². The highest BCUT2D eigenvalue weighted by atomic mass is 19.1. The van der Waals surface area contributed by atoms with E-state index in [4.69, 9.17) is 4.74 Å². The van der Waals surface area contributed by atoms with E-state index in [-0.39, 0.29) is 5.82 Å². The summed E-state index contributed by atoms with van der Waals surface area (Å²) in [5.41, 5.74) is 0.589. The lowest BCUT2D eigenvalue weighted by molar-refractivity contribution is 0.191. The van der Waals surface area contributed by atoms with Crippen LogP contribution in [0.25, 0.3) is 0 Å². The molecule has 0 bridgehead atoms. The van der Waals surface area contributed by atoms with Crippen LogP contribution in [0.3, 0.4) is 0 Å². The van der Waals surface area contributed by atoms with Crippen molar-refractivity contribution in [2.45, 2.75) is 26.4 Å². The Bertz CT molecular complexity index is 402. The van der Waals surface area contributed by atoms with Gasteiger partial charge in [-0.3, -0.25) is 0 Å². The molecule has 0 unspecified atom stereocenters. The lowest BCUT2D eigenvalue weighted by Gasteiger charge is -2.12. The molecule has 0 aliphatic heterocycles. The molecule has 3 heteroatoms. The van der Waals surface area contributed by atoms with Gasteiger partial charge in [0.05, 0.1) is 12.7 Å². The largest absolute Gasteiger partial charge is 0.492 e. The summed E-state index contributed by atoms with van der Waals surface area (Å²) < 4.78 is 18.4. The molecule has 16 heavy (non-hydrogen) atoms. The van der Waals surface area contributed by atoms with Crippen molar-refractivity contribution in [3.63, 3.8) is 0 Å². The van der Waals surface area contributed by atoms with Gasteiger partial charge >= 0.3 is 0 Å². The van der Waals surface area contributed by atoms with Crippen molar-refractivity contribution in [2.24, 2.45) is 0 Å². The van der Waals surface area contributed by atoms with E-state index >= 15 is 0 Å². The van der Waals surface area contributed by atoms with Crippen molar-refractivity contribution in [3.05, 3.63) is 29.6 Å². The van der Waals surface area contributed by atoms with Crippen LogP contribution in [0.15, 0.2) is 18.2 Å². The van der Waals surface area contributed by atoms with Crippen LogP contribution >= 0.6 is 0 Å². The third-order valence-corrected chi connectivity index (χ3v) is 2.09. The molecule has 0 amide bonds. The highest BCUT2D eigenvalue weighted by Gasteiger charge is 2.09. The van der Waals surface area contributed by atoms with Gasteiger partial charge in [-0.05, 0) is 26.0 Å². The summed E-state index contributed by atoms with van der Waals surface area (Å²) >= 11 is 0. The summed E-state index contributed by atoms with van der Waals surface area (Å²) in [7, 11) is 0. The first-order valence-corrected chi connectivity index (χ1v) is 5.15. The first-order valence-electron chi connectivity index (χ1n) is 5.15. The van der Waals surface area contributed by atoms with Crippen LogP contribution in [0.4, 0.5) is 4.39 Å². The number of benzene rings is 1. The molecule has 0 aliphatic rings. The summed E-state index contributed by atoms with van der Waals surface area (Å²) in [6.07, 6.45) is -0.0837. The van der Waals surface area contributed by atoms with Gasteiger partial charge in [-0.15, -0.1) is 11.8 Å². The molecule has 0 spiro atoms. The van der Waals surface area contributed by atoms with E-state index in [0.717, 1.165) is 0 Å². The third-order valence-electron chi connectivity index (χ3n) is 2.09.